The molecule has 0 aliphatic carbocycles. The molecule has 0 aromatic heterocycles. The minimum Gasteiger partial charge on any atom is -0.398 e. The van der Waals surface area contributed by atoms with Crippen LogP contribution in [0.25, 0.3) is 0 Å². The van der Waals surface area contributed by atoms with Crippen LogP contribution in [0.15, 0.2) is 35.8 Å². The third-order valence-corrected chi connectivity index (χ3v) is 2.19. The first-order chi connectivity index (χ1) is 7.02. The lowest BCUT2D eigenvalue weighted by Crippen LogP contribution is -1.91. The summed E-state index contributed by atoms with van der Waals surface area (Å²) in [5.74, 6) is 0. The van der Waals surface area contributed by atoms with E-state index in [0.29, 0.717) is 0 Å². The Labute approximate surface area is 92.5 Å². The van der Waals surface area contributed by atoms with Crippen molar-refractivity contribution in [3.8, 4) is 0 Å². The number of hydrogen-bond acceptors (Lipinski definition) is 2. The molecule has 82 valence electrons. The van der Waals surface area contributed by atoms with E-state index in [1.807, 2.05) is 39.0 Å². The Balaban J connectivity index is 0.000000288. The molecule has 0 aliphatic rings. The van der Waals surface area contributed by atoms with E-state index in [2.05, 4.69) is 11.6 Å². The quantitative estimate of drug-likeness (QED) is 0.554. The number of nitrogens with zero attached hydrogens (tertiary/aromatic N) is 1. The van der Waals surface area contributed by atoms with Crippen LogP contribution in [0.4, 0.5) is 5.69 Å². The summed E-state index contributed by atoms with van der Waals surface area (Å²) in [6.45, 7) is 9.44. The lowest BCUT2D eigenvalue weighted by molar-refractivity contribution is 1.39. The predicted molar refractivity (Wildman–Crippen MR) is 69.6 cm³/mol. The van der Waals surface area contributed by atoms with Crippen molar-refractivity contribution in [2.75, 3.05) is 12.8 Å². The largest absolute Gasteiger partial charge is 0.398 e. The number of anilines is 1. The van der Waals surface area contributed by atoms with Gasteiger partial charge in [-0.3, -0.25) is 4.99 Å². The van der Waals surface area contributed by atoms with Crippen LogP contribution in [-0.4, -0.2) is 12.8 Å². The molecular formula is C13H20N2. The predicted octanol–water partition coefficient (Wildman–Crippen LogP) is 3.15. The van der Waals surface area contributed by atoms with E-state index in [-0.39, 0.29) is 0 Å². The van der Waals surface area contributed by atoms with E-state index in [9.17, 15) is 0 Å². The zero-order chi connectivity index (χ0) is 11.8. The second-order valence-corrected chi connectivity index (χ2v) is 3.37. The number of aliphatic imine (C=N–C) groups is 1. The lowest BCUT2D eigenvalue weighted by atomic mass is 10.1. The minimum atomic E-state index is 0.914. The van der Waals surface area contributed by atoms with E-state index < -0.39 is 0 Å². The van der Waals surface area contributed by atoms with Crippen molar-refractivity contribution in [2.24, 2.45) is 4.99 Å². The maximum absolute atomic E-state index is 5.68. The highest BCUT2D eigenvalue weighted by atomic mass is 14.7. The molecule has 0 aliphatic heterocycles. The van der Waals surface area contributed by atoms with Gasteiger partial charge < -0.3 is 5.73 Å². The number of nitrogen functional groups attached to an aromatic ring is 1. The first-order valence-corrected chi connectivity index (χ1v) is 4.90. The Morgan fingerprint density at radius 1 is 1.33 bits per heavy atom. The number of aryl methyl sites for hydroxylation is 2. The van der Waals surface area contributed by atoms with Gasteiger partial charge in [0.15, 0.2) is 0 Å². The fraction of sp³-hybridized carbons (Fsp3) is 0.308. The molecule has 0 amide bonds. The number of hydrogen-bond donors (Lipinski definition) is 1. The van der Waals surface area contributed by atoms with E-state index in [4.69, 9.17) is 5.73 Å². The molecule has 1 aromatic carbocycles. The summed E-state index contributed by atoms with van der Waals surface area (Å²) in [4.78, 5) is 3.81. The number of allylic oxidation sites excluding steroid dienone is 1. The van der Waals surface area contributed by atoms with Crippen molar-refractivity contribution < 1.29 is 0 Å². The molecule has 0 bridgehead atoms. The second-order valence-electron chi connectivity index (χ2n) is 3.37. The third-order valence-electron chi connectivity index (χ3n) is 2.19. The van der Waals surface area contributed by atoms with Crippen LogP contribution >= 0.6 is 0 Å². The molecular weight excluding hydrogens is 184 g/mol. The molecule has 0 unspecified atom stereocenters. The number of para-hydroxylation sites is 1. The van der Waals surface area contributed by atoms with Gasteiger partial charge in [0.25, 0.3) is 0 Å². The van der Waals surface area contributed by atoms with E-state index in [1.54, 1.807) is 13.1 Å². The van der Waals surface area contributed by atoms with Crippen LogP contribution in [0.2, 0.25) is 0 Å². The maximum Gasteiger partial charge on any atom is 0.0373 e. The summed E-state index contributed by atoms with van der Waals surface area (Å²) in [5.41, 5.74) is 9.90. The standard InChI is InChI=1S/C8H11N.C5H9N/c1-6-4-3-5-7(2)8(6)9;1-4-5(2)6-3/h3-5H,9H2,1-2H3;4H,1H2,2-3H3. The van der Waals surface area contributed by atoms with Crippen LogP contribution in [0.3, 0.4) is 0 Å². The van der Waals surface area contributed by atoms with Crippen molar-refractivity contribution in [1.82, 2.24) is 0 Å². The fourth-order valence-corrected chi connectivity index (χ4v) is 0.919. The van der Waals surface area contributed by atoms with Crippen LogP contribution < -0.4 is 5.73 Å². The summed E-state index contributed by atoms with van der Waals surface area (Å²) in [7, 11) is 1.75. The zero-order valence-electron chi connectivity index (χ0n) is 10.0. The SMILES string of the molecule is C=CC(C)=NC.Cc1cccc(C)c1N. The molecule has 2 heteroatoms. The zero-order valence-corrected chi connectivity index (χ0v) is 10.0. The Morgan fingerprint density at radius 2 is 1.80 bits per heavy atom. The Kier molecular flexibility index (Phi) is 6.11. The van der Waals surface area contributed by atoms with Gasteiger partial charge in [-0.2, -0.15) is 0 Å². The summed E-state index contributed by atoms with van der Waals surface area (Å²) in [5, 5.41) is 0. The number of nitrogens with two attached hydrogens (primary N) is 1. The number of rotatable bonds is 1. The molecule has 0 fully saturated rings. The van der Waals surface area contributed by atoms with Crippen molar-refractivity contribution in [2.45, 2.75) is 20.8 Å². The molecule has 2 nitrogen and oxygen atoms in total. The van der Waals surface area contributed by atoms with Crippen molar-refractivity contribution in [3.63, 3.8) is 0 Å². The molecule has 0 radical (unpaired) electrons. The maximum atomic E-state index is 5.68. The number of benzene rings is 1. The third kappa shape index (κ3) is 5.01. The van der Waals surface area contributed by atoms with Crippen molar-refractivity contribution in [3.05, 3.63) is 42.0 Å². The van der Waals surface area contributed by atoms with Crippen LogP contribution in [0.1, 0.15) is 18.1 Å². The van der Waals surface area contributed by atoms with Gasteiger partial charge >= 0.3 is 0 Å². The Bertz CT molecular complexity index is 331. The highest BCUT2D eigenvalue weighted by Crippen LogP contribution is 2.13. The first-order valence-electron chi connectivity index (χ1n) is 4.90. The van der Waals surface area contributed by atoms with Gasteiger partial charge in [0, 0.05) is 18.4 Å². The van der Waals surface area contributed by atoms with Crippen LogP contribution in [-0.2, 0) is 0 Å². The van der Waals surface area contributed by atoms with Crippen LogP contribution in [0, 0.1) is 13.8 Å². The Hall–Kier alpha value is -1.57. The summed E-state index contributed by atoms with van der Waals surface area (Å²) in [6.07, 6.45) is 1.72. The topological polar surface area (TPSA) is 38.4 Å². The molecule has 1 aromatic rings. The van der Waals surface area contributed by atoms with Crippen molar-refractivity contribution in [1.29, 1.82) is 0 Å². The Morgan fingerprint density at radius 3 is 2.00 bits per heavy atom. The highest BCUT2D eigenvalue weighted by molar-refractivity contribution is 5.91. The first kappa shape index (κ1) is 13.4. The van der Waals surface area contributed by atoms with Gasteiger partial charge in [0.2, 0.25) is 0 Å². The van der Waals surface area contributed by atoms with E-state index in [1.165, 1.54) is 0 Å². The second kappa shape index (κ2) is 6.82. The molecule has 0 saturated heterocycles. The molecule has 2 N–H and O–H groups in total. The normalized spacial score (nSPS) is 10.3. The van der Waals surface area contributed by atoms with Gasteiger partial charge in [-0.15, -0.1) is 0 Å². The molecule has 0 atom stereocenters. The van der Waals surface area contributed by atoms with Gasteiger partial charge in [-0.1, -0.05) is 24.8 Å². The smallest absolute Gasteiger partial charge is 0.0373 e. The van der Waals surface area contributed by atoms with Crippen LogP contribution in [0.5, 0.6) is 0 Å². The summed E-state index contributed by atoms with van der Waals surface area (Å²) >= 11 is 0. The highest BCUT2D eigenvalue weighted by Gasteiger charge is 1.92. The minimum absolute atomic E-state index is 0.914. The van der Waals surface area contributed by atoms with Crippen molar-refractivity contribution >= 4 is 11.4 Å². The summed E-state index contributed by atoms with van der Waals surface area (Å²) < 4.78 is 0. The molecule has 0 heterocycles. The average molecular weight is 204 g/mol. The van der Waals surface area contributed by atoms with Gasteiger partial charge in [-0.05, 0) is 38.0 Å². The summed E-state index contributed by atoms with van der Waals surface area (Å²) in [6, 6.07) is 6.05. The van der Waals surface area contributed by atoms with Gasteiger partial charge in [0.1, 0.15) is 0 Å². The molecule has 1 rings (SSSR count). The monoisotopic (exact) mass is 204 g/mol. The lowest BCUT2D eigenvalue weighted by Gasteiger charge is -2.00. The average Bonchev–Trinajstić information content (AvgIpc) is 2.25. The molecule has 15 heavy (non-hydrogen) atoms. The van der Waals surface area contributed by atoms with Gasteiger partial charge in [-0.25, -0.2) is 0 Å². The van der Waals surface area contributed by atoms with E-state index in [0.717, 1.165) is 22.5 Å². The van der Waals surface area contributed by atoms with E-state index >= 15 is 0 Å². The fourth-order valence-electron chi connectivity index (χ4n) is 0.919. The van der Waals surface area contributed by atoms with Gasteiger partial charge in [0.05, 0.1) is 0 Å². The molecule has 0 saturated carbocycles. The molecule has 0 spiro atoms.